The van der Waals surface area contributed by atoms with E-state index < -0.39 is 5.41 Å². The molecular formula is C27H29N3O2. The van der Waals surface area contributed by atoms with Gasteiger partial charge in [0.15, 0.2) is 0 Å². The van der Waals surface area contributed by atoms with Crippen LogP contribution in [-0.4, -0.2) is 34.8 Å². The van der Waals surface area contributed by atoms with Gasteiger partial charge in [-0.05, 0) is 35.6 Å². The van der Waals surface area contributed by atoms with Crippen molar-refractivity contribution >= 4 is 11.8 Å². The Labute approximate surface area is 189 Å². The Bertz CT molecular complexity index is 1070. The van der Waals surface area contributed by atoms with Crippen LogP contribution in [0.5, 0.6) is 0 Å². The monoisotopic (exact) mass is 427 g/mol. The molecule has 32 heavy (non-hydrogen) atoms. The van der Waals surface area contributed by atoms with Crippen molar-refractivity contribution in [1.29, 1.82) is 0 Å². The number of amides is 2. The highest BCUT2D eigenvalue weighted by Crippen LogP contribution is 2.37. The Morgan fingerprint density at radius 1 is 1.03 bits per heavy atom. The van der Waals surface area contributed by atoms with E-state index in [1.54, 1.807) is 6.20 Å². The molecule has 0 aliphatic carbocycles. The lowest BCUT2D eigenvalue weighted by atomic mass is 9.78. The zero-order chi connectivity index (χ0) is 22.4. The van der Waals surface area contributed by atoms with Crippen molar-refractivity contribution in [2.75, 3.05) is 13.1 Å². The van der Waals surface area contributed by atoms with Gasteiger partial charge in [-0.25, -0.2) is 0 Å². The summed E-state index contributed by atoms with van der Waals surface area (Å²) in [7, 11) is 0. The smallest absolute Gasteiger partial charge is 0.228 e. The van der Waals surface area contributed by atoms with Crippen molar-refractivity contribution in [2.24, 2.45) is 5.41 Å². The number of carbonyl (C=O) groups is 2. The fourth-order valence-corrected chi connectivity index (χ4v) is 4.53. The van der Waals surface area contributed by atoms with Crippen molar-refractivity contribution in [3.05, 3.63) is 90.3 Å². The third-order valence-electron chi connectivity index (χ3n) is 6.31. The average Bonchev–Trinajstić information content (AvgIpc) is 3.29. The fourth-order valence-electron chi connectivity index (χ4n) is 4.53. The first-order valence-electron chi connectivity index (χ1n) is 11.2. The topological polar surface area (TPSA) is 62.3 Å². The second-order valence-corrected chi connectivity index (χ2v) is 8.44. The summed E-state index contributed by atoms with van der Waals surface area (Å²) in [6.45, 7) is 3.41. The first-order valence-corrected chi connectivity index (χ1v) is 11.2. The maximum Gasteiger partial charge on any atom is 0.228 e. The Morgan fingerprint density at radius 2 is 1.81 bits per heavy atom. The largest absolute Gasteiger partial charge is 0.351 e. The number of likely N-dealkylation sites (tertiary alicyclic amines) is 1. The van der Waals surface area contributed by atoms with Gasteiger partial charge in [0.1, 0.15) is 0 Å². The summed E-state index contributed by atoms with van der Waals surface area (Å²) in [5, 5.41) is 3.15. The standard InChI is InChI=1S/C27H29N3O2/c1-2-25(31)30-16-14-27(20-30,26(32)29-18-21-9-4-3-5-10-21)17-22-11-6-7-13-24(22)23-12-8-15-28-19-23/h3-13,15,19H,2,14,16-18,20H2,1H3,(H,29,32). The van der Waals surface area contributed by atoms with Gasteiger partial charge < -0.3 is 10.2 Å². The minimum atomic E-state index is -0.655. The van der Waals surface area contributed by atoms with Gasteiger partial charge >= 0.3 is 0 Å². The molecule has 1 unspecified atom stereocenters. The van der Waals surface area contributed by atoms with E-state index in [4.69, 9.17) is 0 Å². The predicted molar refractivity (Wildman–Crippen MR) is 126 cm³/mol. The minimum Gasteiger partial charge on any atom is -0.351 e. The summed E-state index contributed by atoms with van der Waals surface area (Å²) in [4.78, 5) is 32.1. The van der Waals surface area contributed by atoms with Crippen LogP contribution in [0.1, 0.15) is 30.9 Å². The average molecular weight is 428 g/mol. The van der Waals surface area contributed by atoms with Crippen LogP contribution >= 0.6 is 0 Å². The molecule has 1 atom stereocenters. The molecule has 1 aliphatic heterocycles. The van der Waals surface area contributed by atoms with Gasteiger partial charge in [0.2, 0.25) is 11.8 Å². The zero-order valence-electron chi connectivity index (χ0n) is 18.5. The normalized spacial score (nSPS) is 17.8. The van der Waals surface area contributed by atoms with Crippen molar-refractivity contribution in [3.63, 3.8) is 0 Å². The Balaban J connectivity index is 1.62. The summed E-state index contributed by atoms with van der Waals surface area (Å²) < 4.78 is 0. The van der Waals surface area contributed by atoms with E-state index in [9.17, 15) is 9.59 Å². The highest BCUT2D eigenvalue weighted by molar-refractivity contribution is 5.86. The van der Waals surface area contributed by atoms with Crippen LogP contribution < -0.4 is 5.32 Å². The molecule has 0 bridgehead atoms. The first kappa shape index (κ1) is 21.8. The number of hydrogen-bond donors (Lipinski definition) is 1. The number of aromatic nitrogens is 1. The molecule has 2 aromatic carbocycles. The summed E-state index contributed by atoms with van der Waals surface area (Å²) >= 11 is 0. The Morgan fingerprint density at radius 3 is 2.56 bits per heavy atom. The molecular weight excluding hydrogens is 398 g/mol. The van der Waals surface area contributed by atoms with E-state index >= 15 is 0 Å². The molecule has 1 aromatic heterocycles. The highest BCUT2D eigenvalue weighted by Gasteiger charge is 2.45. The zero-order valence-corrected chi connectivity index (χ0v) is 18.5. The quantitative estimate of drug-likeness (QED) is 0.614. The third kappa shape index (κ3) is 4.72. The molecule has 0 spiro atoms. The second kappa shape index (κ2) is 9.77. The van der Waals surface area contributed by atoms with Gasteiger partial charge in [-0.2, -0.15) is 0 Å². The number of nitrogens with zero attached hydrogens (tertiary/aromatic N) is 2. The predicted octanol–water partition coefficient (Wildman–Crippen LogP) is 4.24. The lowest BCUT2D eigenvalue weighted by molar-refractivity contribution is -0.133. The Kier molecular flexibility index (Phi) is 6.64. The molecule has 2 amide bonds. The van der Waals surface area contributed by atoms with Gasteiger partial charge in [0.25, 0.3) is 0 Å². The summed E-state index contributed by atoms with van der Waals surface area (Å²) in [5.74, 6) is 0.108. The number of rotatable bonds is 7. The molecule has 1 aliphatic rings. The number of nitrogens with one attached hydrogen (secondary N) is 1. The summed E-state index contributed by atoms with van der Waals surface area (Å²) in [6, 6.07) is 22.1. The van der Waals surface area contributed by atoms with E-state index in [1.807, 2.05) is 72.6 Å². The second-order valence-electron chi connectivity index (χ2n) is 8.44. The maximum absolute atomic E-state index is 13.6. The van der Waals surface area contributed by atoms with Crippen LogP contribution in [0.25, 0.3) is 11.1 Å². The van der Waals surface area contributed by atoms with Crippen LogP contribution in [-0.2, 0) is 22.6 Å². The first-order chi connectivity index (χ1) is 15.6. The minimum absolute atomic E-state index is 0.00810. The van der Waals surface area contributed by atoms with Gasteiger partial charge in [0.05, 0.1) is 5.41 Å². The van der Waals surface area contributed by atoms with E-state index in [0.717, 1.165) is 22.3 Å². The van der Waals surface area contributed by atoms with E-state index in [-0.39, 0.29) is 11.8 Å². The van der Waals surface area contributed by atoms with Gasteiger partial charge in [-0.1, -0.05) is 67.6 Å². The maximum atomic E-state index is 13.6. The molecule has 2 heterocycles. The Hall–Kier alpha value is -3.47. The van der Waals surface area contributed by atoms with Crippen LogP contribution in [0, 0.1) is 5.41 Å². The number of benzene rings is 2. The van der Waals surface area contributed by atoms with E-state index in [1.165, 1.54) is 0 Å². The lowest BCUT2D eigenvalue weighted by Crippen LogP contribution is -2.45. The van der Waals surface area contributed by atoms with Crippen molar-refractivity contribution in [2.45, 2.75) is 32.7 Å². The molecule has 1 saturated heterocycles. The van der Waals surface area contributed by atoms with Crippen LogP contribution in [0.4, 0.5) is 0 Å². The number of hydrogen-bond acceptors (Lipinski definition) is 3. The summed E-state index contributed by atoms with van der Waals surface area (Å²) in [5.41, 5.74) is 3.61. The highest BCUT2D eigenvalue weighted by atomic mass is 16.2. The lowest BCUT2D eigenvalue weighted by Gasteiger charge is -2.29. The number of pyridine rings is 1. The van der Waals surface area contributed by atoms with Crippen LogP contribution in [0.15, 0.2) is 79.1 Å². The molecule has 0 radical (unpaired) electrons. The van der Waals surface area contributed by atoms with E-state index in [0.29, 0.717) is 38.9 Å². The van der Waals surface area contributed by atoms with Crippen LogP contribution in [0.3, 0.4) is 0 Å². The third-order valence-corrected chi connectivity index (χ3v) is 6.31. The number of carbonyl (C=O) groups excluding carboxylic acids is 2. The van der Waals surface area contributed by atoms with Crippen LogP contribution in [0.2, 0.25) is 0 Å². The van der Waals surface area contributed by atoms with Crippen molar-refractivity contribution in [3.8, 4) is 11.1 Å². The van der Waals surface area contributed by atoms with E-state index in [2.05, 4.69) is 22.4 Å². The molecule has 1 N–H and O–H groups in total. The van der Waals surface area contributed by atoms with Gasteiger partial charge in [0, 0.05) is 44.0 Å². The summed E-state index contributed by atoms with van der Waals surface area (Å²) in [6.07, 6.45) is 5.29. The molecule has 0 saturated carbocycles. The van der Waals surface area contributed by atoms with Gasteiger partial charge in [-0.15, -0.1) is 0 Å². The molecule has 5 nitrogen and oxygen atoms in total. The van der Waals surface area contributed by atoms with Gasteiger partial charge in [-0.3, -0.25) is 14.6 Å². The molecule has 3 aromatic rings. The SMILES string of the molecule is CCC(=O)N1CCC(Cc2ccccc2-c2cccnc2)(C(=O)NCc2ccccc2)C1. The molecule has 1 fully saturated rings. The molecule has 4 rings (SSSR count). The van der Waals surface area contributed by atoms with Crippen molar-refractivity contribution in [1.82, 2.24) is 15.2 Å². The van der Waals surface area contributed by atoms with Crippen molar-refractivity contribution < 1.29 is 9.59 Å². The molecule has 5 heteroatoms. The molecule has 164 valence electrons. The fraction of sp³-hybridized carbons (Fsp3) is 0.296.